The number of rotatable bonds is 7. The molecule has 0 radical (unpaired) electrons. The van der Waals surface area contributed by atoms with Crippen LogP contribution < -0.4 is 10.1 Å². The molecule has 0 spiro atoms. The second kappa shape index (κ2) is 8.80. The highest BCUT2D eigenvalue weighted by Crippen LogP contribution is 2.29. The monoisotopic (exact) mass is 446 g/mol. The summed E-state index contributed by atoms with van der Waals surface area (Å²) in [5, 5.41) is 25.4. The molecule has 3 rings (SSSR count). The van der Waals surface area contributed by atoms with E-state index < -0.39 is 20.6 Å². The van der Waals surface area contributed by atoms with Crippen molar-refractivity contribution in [2.45, 2.75) is 4.90 Å². The van der Waals surface area contributed by atoms with Crippen molar-refractivity contribution in [2.24, 2.45) is 5.10 Å². The van der Waals surface area contributed by atoms with Gasteiger partial charge in [-0.25, -0.2) is 8.42 Å². The number of sulfonamides is 1. The van der Waals surface area contributed by atoms with Crippen molar-refractivity contribution >= 4 is 44.9 Å². The van der Waals surface area contributed by atoms with E-state index in [1.807, 2.05) is 0 Å². The van der Waals surface area contributed by atoms with Gasteiger partial charge in [-0.1, -0.05) is 23.7 Å². The number of nitrogens with one attached hydrogen (secondary N) is 2. The van der Waals surface area contributed by atoms with Crippen LogP contribution in [0.25, 0.3) is 0 Å². The molecule has 0 bridgehead atoms. The first kappa shape index (κ1) is 21.1. The maximum Gasteiger partial charge on any atom is 0.295 e. The fraction of sp³-hybridized carbons (Fsp3) is 0. The molecular weight excluding hydrogens is 432 g/mol. The first-order valence-corrected chi connectivity index (χ1v) is 10.3. The molecule has 0 fully saturated rings. The predicted octanol–water partition coefficient (Wildman–Crippen LogP) is 4.20. The van der Waals surface area contributed by atoms with Gasteiger partial charge in [0.15, 0.2) is 0 Å². The Balaban J connectivity index is 1.85. The van der Waals surface area contributed by atoms with Gasteiger partial charge in [0.25, 0.3) is 15.7 Å². The second-order valence-corrected chi connectivity index (χ2v) is 8.10. The van der Waals surface area contributed by atoms with Crippen LogP contribution in [0.15, 0.2) is 76.7 Å². The number of hydrogen-bond donors (Lipinski definition) is 3. The summed E-state index contributed by atoms with van der Waals surface area (Å²) in [6, 6.07) is 15.7. The molecular formula is C19H15ClN4O5S. The van der Waals surface area contributed by atoms with E-state index in [1.54, 1.807) is 18.2 Å². The SMILES string of the molecule is O=[N+]([O-])c1cc(S(=O)(=O)Nc2ccc(Cl)cc2)ccc1NN=Cc1ccccc1O. The summed E-state index contributed by atoms with van der Waals surface area (Å²) in [6.07, 6.45) is 1.28. The molecule has 3 aromatic rings. The molecule has 0 aliphatic carbocycles. The summed E-state index contributed by atoms with van der Waals surface area (Å²) in [6.45, 7) is 0. The molecule has 0 heterocycles. The lowest BCUT2D eigenvalue weighted by molar-refractivity contribution is -0.384. The molecule has 11 heteroatoms. The molecule has 0 amide bonds. The largest absolute Gasteiger partial charge is 0.507 e. The third-order valence-corrected chi connectivity index (χ3v) is 5.53. The Bertz CT molecular complexity index is 1210. The molecule has 0 atom stereocenters. The number of hydrogen-bond acceptors (Lipinski definition) is 7. The van der Waals surface area contributed by atoms with Crippen molar-refractivity contribution in [3.63, 3.8) is 0 Å². The number of phenols is 1. The Kier molecular flexibility index (Phi) is 6.19. The van der Waals surface area contributed by atoms with Crippen LogP contribution >= 0.6 is 11.6 Å². The Morgan fingerprint density at radius 1 is 1.07 bits per heavy atom. The van der Waals surface area contributed by atoms with Crippen LogP contribution in [0.3, 0.4) is 0 Å². The van der Waals surface area contributed by atoms with Crippen LogP contribution in [-0.2, 0) is 10.0 Å². The van der Waals surface area contributed by atoms with E-state index >= 15 is 0 Å². The summed E-state index contributed by atoms with van der Waals surface area (Å²) in [5.41, 5.74) is 2.65. The third kappa shape index (κ3) is 5.04. The minimum atomic E-state index is -4.06. The number of hydrazone groups is 1. The van der Waals surface area contributed by atoms with Crippen LogP contribution in [-0.4, -0.2) is 24.7 Å². The summed E-state index contributed by atoms with van der Waals surface area (Å²) in [7, 11) is -4.06. The minimum Gasteiger partial charge on any atom is -0.507 e. The van der Waals surface area contributed by atoms with Gasteiger partial charge in [0.1, 0.15) is 11.4 Å². The van der Waals surface area contributed by atoms with Crippen molar-refractivity contribution in [1.29, 1.82) is 0 Å². The highest BCUT2D eigenvalue weighted by molar-refractivity contribution is 7.92. The zero-order valence-electron chi connectivity index (χ0n) is 15.2. The Morgan fingerprint density at radius 3 is 2.43 bits per heavy atom. The van der Waals surface area contributed by atoms with E-state index in [9.17, 15) is 23.6 Å². The highest BCUT2D eigenvalue weighted by atomic mass is 35.5. The van der Waals surface area contributed by atoms with Gasteiger partial charge in [-0.15, -0.1) is 0 Å². The molecule has 30 heavy (non-hydrogen) atoms. The quantitative estimate of drug-likeness (QED) is 0.283. The number of nitrogens with zero attached hydrogens (tertiary/aromatic N) is 2. The predicted molar refractivity (Wildman–Crippen MR) is 115 cm³/mol. The number of anilines is 2. The zero-order valence-corrected chi connectivity index (χ0v) is 16.8. The molecule has 9 nitrogen and oxygen atoms in total. The molecule has 154 valence electrons. The molecule has 0 saturated carbocycles. The van der Waals surface area contributed by atoms with Crippen LogP contribution in [0.1, 0.15) is 5.56 Å². The molecule has 0 unspecified atom stereocenters. The van der Waals surface area contributed by atoms with E-state index in [2.05, 4.69) is 15.2 Å². The van der Waals surface area contributed by atoms with E-state index in [4.69, 9.17) is 11.6 Å². The number of benzene rings is 3. The van der Waals surface area contributed by atoms with Crippen molar-refractivity contribution in [3.8, 4) is 5.75 Å². The average molecular weight is 447 g/mol. The Morgan fingerprint density at radius 2 is 1.77 bits per heavy atom. The van der Waals surface area contributed by atoms with Crippen molar-refractivity contribution in [3.05, 3.63) is 87.4 Å². The lowest BCUT2D eigenvalue weighted by atomic mass is 10.2. The van der Waals surface area contributed by atoms with Gasteiger partial charge in [-0.05, 0) is 48.5 Å². The number of halogens is 1. The van der Waals surface area contributed by atoms with E-state index in [1.165, 1.54) is 48.7 Å². The molecule has 0 aromatic heterocycles. The van der Waals surface area contributed by atoms with Crippen molar-refractivity contribution in [2.75, 3.05) is 10.1 Å². The third-order valence-electron chi connectivity index (χ3n) is 3.90. The summed E-state index contributed by atoms with van der Waals surface area (Å²) < 4.78 is 27.5. The first-order chi connectivity index (χ1) is 14.3. The van der Waals surface area contributed by atoms with Crippen LogP contribution in [0.5, 0.6) is 5.75 Å². The average Bonchev–Trinajstić information content (AvgIpc) is 2.71. The van der Waals surface area contributed by atoms with Crippen molar-refractivity contribution < 1.29 is 18.4 Å². The standard InChI is InChI=1S/C19H15ClN4O5S/c20-14-5-7-15(8-6-14)23-30(28,29)16-9-10-17(18(11-16)24(26)27)22-21-12-13-3-1-2-4-19(13)25/h1-12,22-23,25H. The van der Waals surface area contributed by atoms with Crippen molar-refractivity contribution in [1.82, 2.24) is 0 Å². The van der Waals surface area contributed by atoms with Gasteiger partial charge in [0.2, 0.25) is 0 Å². The smallest absolute Gasteiger partial charge is 0.295 e. The van der Waals surface area contributed by atoms with Gasteiger partial charge >= 0.3 is 0 Å². The molecule has 0 aliphatic rings. The van der Waals surface area contributed by atoms with Gasteiger partial charge in [0, 0.05) is 22.3 Å². The fourth-order valence-corrected chi connectivity index (χ4v) is 3.63. The lowest BCUT2D eigenvalue weighted by Crippen LogP contribution is -2.13. The fourth-order valence-electron chi connectivity index (χ4n) is 2.42. The van der Waals surface area contributed by atoms with Gasteiger partial charge in [-0.3, -0.25) is 20.3 Å². The maximum absolute atomic E-state index is 12.6. The molecule has 0 saturated heterocycles. The highest BCUT2D eigenvalue weighted by Gasteiger charge is 2.21. The van der Waals surface area contributed by atoms with E-state index in [0.29, 0.717) is 10.6 Å². The van der Waals surface area contributed by atoms with Gasteiger partial charge in [-0.2, -0.15) is 5.10 Å². The van der Waals surface area contributed by atoms with E-state index in [-0.39, 0.29) is 22.0 Å². The molecule has 0 aliphatic heterocycles. The molecule has 3 aromatic carbocycles. The number of para-hydroxylation sites is 1. The van der Waals surface area contributed by atoms with Gasteiger partial charge in [0.05, 0.1) is 16.0 Å². The van der Waals surface area contributed by atoms with Gasteiger partial charge < -0.3 is 5.11 Å². The van der Waals surface area contributed by atoms with Crippen LogP contribution in [0.4, 0.5) is 17.1 Å². The number of phenolic OH excluding ortho intramolecular Hbond substituents is 1. The van der Waals surface area contributed by atoms with Crippen LogP contribution in [0, 0.1) is 10.1 Å². The van der Waals surface area contributed by atoms with Crippen LogP contribution in [0.2, 0.25) is 5.02 Å². The summed E-state index contributed by atoms with van der Waals surface area (Å²) >= 11 is 5.78. The normalized spacial score (nSPS) is 11.4. The lowest BCUT2D eigenvalue weighted by Gasteiger charge is -2.09. The molecule has 3 N–H and O–H groups in total. The first-order valence-electron chi connectivity index (χ1n) is 8.40. The maximum atomic E-state index is 12.6. The topological polar surface area (TPSA) is 134 Å². The summed E-state index contributed by atoms with van der Waals surface area (Å²) in [5.74, 6) is -0.00716. The second-order valence-electron chi connectivity index (χ2n) is 5.98. The zero-order chi connectivity index (χ0) is 21.7. The summed E-state index contributed by atoms with van der Waals surface area (Å²) in [4.78, 5) is 10.4. The number of aromatic hydroxyl groups is 1. The Hall–Kier alpha value is -3.63. The minimum absolute atomic E-state index is 0.00716. The van der Waals surface area contributed by atoms with E-state index in [0.717, 1.165) is 6.07 Å². The Labute approximate surface area is 176 Å². The number of nitro benzene ring substituents is 1. The number of nitro groups is 1.